The van der Waals surface area contributed by atoms with Crippen molar-refractivity contribution in [1.29, 1.82) is 0 Å². The summed E-state index contributed by atoms with van der Waals surface area (Å²) in [6.45, 7) is 3.64. The van der Waals surface area contributed by atoms with E-state index in [2.05, 4.69) is 10.4 Å². The Morgan fingerprint density at radius 3 is 2.04 bits per heavy atom. The maximum Gasteiger partial charge on any atom is 0.320 e. The Morgan fingerprint density at radius 1 is 1.00 bits per heavy atom. The van der Waals surface area contributed by atoms with E-state index in [4.69, 9.17) is 4.74 Å². The molecule has 0 spiro atoms. The maximum absolute atomic E-state index is 13.6. The van der Waals surface area contributed by atoms with Gasteiger partial charge >= 0.3 is 6.03 Å². The SMILES string of the molecule is CCOCCCNC(=O)NP(=O)(c1ccccc1)c1ccccc1. The van der Waals surface area contributed by atoms with Crippen molar-refractivity contribution in [2.24, 2.45) is 0 Å². The molecule has 6 heteroatoms. The molecular formula is C18H23N2O3P. The van der Waals surface area contributed by atoms with Crippen molar-refractivity contribution < 1.29 is 14.1 Å². The molecule has 0 atom stereocenters. The molecule has 0 aliphatic rings. The van der Waals surface area contributed by atoms with Gasteiger partial charge in [-0.2, -0.15) is 0 Å². The Morgan fingerprint density at radius 2 is 1.54 bits per heavy atom. The molecule has 0 heterocycles. The molecule has 0 unspecified atom stereocenters. The highest BCUT2D eigenvalue weighted by Crippen LogP contribution is 2.38. The van der Waals surface area contributed by atoms with Crippen molar-refractivity contribution in [3.05, 3.63) is 60.7 Å². The monoisotopic (exact) mass is 346 g/mol. The van der Waals surface area contributed by atoms with E-state index in [1.807, 2.05) is 43.3 Å². The van der Waals surface area contributed by atoms with Crippen LogP contribution >= 0.6 is 7.29 Å². The smallest absolute Gasteiger partial charge is 0.320 e. The number of amides is 2. The number of hydrogen-bond acceptors (Lipinski definition) is 3. The highest BCUT2D eigenvalue weighted by atomic mass is 31.2. The molecule has 0 saturated heterocycles. The lowest BCUT2D eigenvalue weighted by atomic mass is 10.4. The van der Waals surface area contributed by atoms with Gasteiger partial charge in [0.05, 0.1) is 0 Å². The van der Waals surface area contributed by atoms with Crippen LogP contribution in [0.1, 0.15) is 13.3 Å². The van der Waals surface area contributed by atoms with E-state index in [1.54, 1.807) is 24.3 Å². The fraction of sp³-hybridized carbons (Fsp3) is 0.278. The number of hydrogen-bond donors (Lipinski definition) is 2. The molecule has 0 saturated carbocycles. The van der Waals surface area contributed by atoms with Crippen LogP contribution in [-0.2, 0) is 9.30 Å². The van der Waals surface area contributed by atoms with Crippen molar-refractivity contribution in [2.45, 2.75) is 13.3 Å². The molecule has 0 bridgehead atoms. The molecule has 2 aromatic carbocycles. The molecule has 0 aromatic heterocycles. The quantitative estimate of drug-likeness (QED) is 0.570. The van der Waals surface area contributed by atoms with Crippen LogP contribution in [0, 0.1) is 0 Å². The molecule has 2 amide bonds. The number of carbonyl (C=O) groups excluding carboxylic acids is 1. The Kier molecular flexibility index (Phi) is 7.04. The van der Waals surface area contributed by atoms with Gasteiger partial charge in [0.1, 0.15) is 0 Å². The van der Waals surface area contributed by atoms with Crippen LogP contribution in [0.5, 0.6) is 0 Å². The zero-order valence-electron chi connectivity index (χ0n) is 13.8. The highest BCUT2D eigenvalue weighted by Gasteiger charge is 2.29. The van der Waals surface area contributed by atoms with Crippen molar-refractivity contribution in [2.75, 3.05) is 19.8 Å². The molecule has 0 aliphatic carbocycles. The lowest BCUT2D eigenvalue weighted by molar-refractivity contribution is 0.145. The fourth-order valence-electron chi connectivity index (χ4n) is 2.26. The van der Waals surface area contributed by atoms with Gasteiger partial charge in [0.2, 0.25) is 7.29 Å². The van der Waals surface area contributed by atoms with Gasteiger partial charge in [-0.15, -0.1) is 0 Å². The van der Waals surface area contributed by atoms with E-state index in [0.717, 1.165) is 0 Å². The molecule has 24 heavy (non-hydrogen) atoms. The van der Waals surface area contributed by atoms with Crippen LogP contribution in [0.4, 0.5) is 4.79 Å². The van der Waals surface area contributed by atoms with E-state index in [0.29, 0.717) is 36.8 Å². The number of benzene rings is 2. The van der Waals surface area contributed by atoms with E-state index in [9.17, 15) is 9.36 Å². The van der Waals surface area contributed by atoms with Crippen molar-refractivity contribution in [1.82, 2.24) is 10.4 Å². The predicted molar refractivity (Wildman–Crippen MR) is 97.4 cm³/mol. The standard InChI is InChI=1S/C18H23N2O3P/c1-2-23-15-9-14-19-18(21)20-24(22,16-10-5-3-6-11-16)17-12-7-4-8-13-17/h3-8,10-13H,2,9,14-15H2,1H3,(H2,19,20,21,22). The summed E-state index contributed by atoms with van der Waals surface area (Å²) < 4.78 is 18.8. The predicted octanol–water partition coefficient (Wildman–Crippen LogP) is 2.64. The van der Waals surface area contributed by atoms with Gasteiger partial charge in [-0.05, 0) is 37.6 Å². The first-order valence-corrected chi connectivity index (χ1v) is 9.72. The van der Waals surface area contributed by atoms with E-state index < -0.39 is 13.3 Å². The Labute approximate surface area is 142 Å². The number of rotatable bonds is 8. The zero-order valence-corrected chi connectivity index (χ0v) is 14.7. The molecule has 2 N–H and O–H groups in total. The second kappa shape index (κ2) is 9.26. The number of carbonyl (C=O) groups is 1. The van der Waals surface area contributed by atoms with E-state index in [-0.39, 0.29) is 0 Å². The van der Waals surface area contributed by atoms with Gasteiger partial charge in [0.25, 0.3) is 0 Å². The minimum atomic E-state index is -3.23. The average molecular weight is 346 g/mol. The Bertz CT molecular complexity index is 634. The van der Waals surface area contributed by atoms with Crippen LogP contribution in [-0.4, -0.2) is 25.8 Å². The number of ether oxygens (including phenoxy) is 1. The van der Waals surface area contributed by atoms with Gasteiger partial charge < -0.3 is 10.1 Å². The largest absolute Gasteiger partial charge is 0.382 e. The molecule has 0 radical (unpaired) electrons. The minimum absolute atomic E-state index is 0.442. The topological polar surface area (TPSA) is 67.4 Å². The summed E-state index contributed by atoms with van der Waals surface area (Å²) >= 11 is 0. The van der Waals surface area contributed by atoms with Crippen LogP contribution in [0.3, 0.4) is 0 Å². The Hall–Kier alpha value is -2.10. The van der Waals surface area contributed by atoms with Crippen molar-refractivity contribution in [3.8, 4) is 0 Å². The third-order valence-corrected chi connectivity index (χ3v) is 6.02. The average Bonchev–Trinajstić information content (AvgIpc) is 2.63. The number of urea groups is 1. The molecular weight excluding hydrogens is 323 g/mol. The second-order valence-electron chi connectivity index (χ2n) is 5.20. The highest BCUT2D eigenvalue weighted by molar-refractivity contribution is 7.77. The lowest BCUT2D eigenvalue weighted by Gasteiger charge is -2.20. The fourth-order valence-corrected chi connectivity index (χ4v) is 4.36. The molecule has 2 rings (SSSR count). The third-order valence-electron chi connectivity index (χ3n) is 3.45. The molecule has 5 nitrogen and oxygen atoms in total. The first-order valence-electron chi connectivity index (χ1n) is 8.02. The van der Waals surface area contributed by atoms with Crippen molar-refractivity contribution in [3.63, 3.8) is 0 Å². The maximum atomic E-state index is 13.6. The van der Waals surface area contributed by atoms with Crippen LogP contribution in [0.25, 0.3) is 0 Å². The van der Waals surface area contributed by atoms with Crippen LogP contribution in [0.15, 0.2) is 60.7 Å². The summed E-state index contributed by atoms with van der Waals surface area (Å²) in [5.41, 5.74) is 0. The van der Waals surface area contributed by atoms with Gasteiger partial charge in [-0.25, -0.2) is 4.79 Å². The zero-order chi connectivity index (χ0) is 17.3. The third kappa shape index (κ3) is 4.95. The summed E-state index contributed by atoms with van der Waals surface area (Å²) in [5, 5.41) is 6.61. The summed E-state index contributed by atoms with van der Waals surface area (Å²) in [6.07, 6.45) is 0.711. The molecule has 2 aromatic rings. The van der Waals surface area contributed by atoms with Gasteiger partial charge in [0, 0.05) is 30.4 Å². The summed E-state index contributed by atoms with van der Waals surface area (Å²) in [7, 11) is -3.23. The lowest BCUT2D eigenvalue weighted by Crippen LogP contribution is -2.39. The van der Waals surface area contributed by atoms with Crippen molar-refractivity contribution >= 4 is 23.9 Å². The van der Waals surface area contributed by atoms with Gasteiger partial charge in [0.15, 0.2) is 0 Å². The molecule has 0 aliphatic heterocycles. The summed E-state index contributed by atoms with van der Waals surface area (Å²) in [6, 6.07) is 17.6. The molecule has 0 fully saturated rings. The second-order valence-corrected chi connectivity index (χ2v) is 7.67. The van der Waals surface area contributed by atoms with Gasteiger partial charge in [-0.1, -0.05) is 36.4 Å². The number of nitrogens with one attached hydrogen (secondary N) is 2. The minimum Gasteiger partial charge on any atom is -0.382 e. The van der Waals surface area contributed by atoms with Crippen LogP contribution < -0.4 is 21.0 Å². The summed E-state index contributed by atoms with van der Waals surface area (Å²) in [5.74, 6) is 0. The normalized spacial score (nSPS) is 11.0. The van der Waals surface area contributed by atoms with E-state index >= 15 is 0 Å². The Balaban J connectivity index is 2.11. The first-order chi connectivity index (χ1) is 11.7. The van der Waals surface area contributed by atoms with E-state index in [1.165, 1.54) is 0 Å². The van der Waals surface area contributed by atoms with Gasteiger partial charge in [-0.3, -0.25) is 9.65 Å². The first kappa shape index (κ1) is 18.2. The van der Waals surface area contributed by atoms with Crippen LogP contribution in [0.2, 0.25) is 0 Å². The molecule has 128 valence electrons. The summed E-state index contributed by atoms with van der Waals surface area (Å²) in [4.78, 5) is 12.2.